The molecule has 108 valence electrons. The number of anilines is 1. The average molecular weight is 315 g/mol. The van der Waals surface area contributed by atoms with E-state index in [4.69, 9.17) is 5.11 Å². The zero-order valence-corrected chi connectivity index (χ0v) is 12.1. The molecule has 1 fully saturated rings. The van der Waals surface area contributed by atoms with Gasteiger partial charge in [-0.15, -0.1) is 11.3 Å². The lowest BCUT2D eigenvalue weighted by atomic mass is 10.2. The van der Waals surface area contributed by atoms with E-state index in [9.17, 15) is 14.4 Å². The van der Waals surface area contributed by atoms with Crippen molar-refractivity contribution in [1.29, 1.82) is 0 Å². The summed E-state index contributed by atoms with van der Waals surface area (Å²) < 4.78 is 0. The van der Waals surface area contributed by atoms with E-state index < -0.39 is 12.0 Å². The molecular weight excluding hydrogens is 302 g/mol. The van der Waals surface area contributed by atoms with Gasteiger partial charge in [0.25, 0.3) is 5.24 Å². The van der Waals surface area contributed by atoms with Gasteiger partial charge in [0.2, 0.25) is 5.91 Å². The number of thioether (sulfide) groups is 1. The number of carboxylic acid groups (broad SMARTS) is 1. The third-order valence-electron chi connectivity index (χ3n) is 2.60. The predicted octanol–water partition coefficient (Wildman–Crippen LogP) is 1.31. The van der Waals surface area contributed by atoms with Crippen molar-refractivity contribution in [3.05, 3.63) is 11.1 Å². The van der Waals surface area contributed by atoms with Crippen LogP contribution in [0.2, 0.25) is 0 Å². The van der Waals surface area contributed by atoms with Crippen LogP contribution in [0.5, 0.6) is 0 Å². The molecule has 0 aliphatic carbocycles. The standard InChI is InChI=1S/C11H13N3O4S2/c15-8(16)3-1-2-6-4-19-10(12-6)14-9(17)7-5-20-11(18)13-7/h4,7H,1-3,5H2,(H,13,18)(H,15,16)(H,12,14,17). The molecule has 1 atom stereocenters. The molecule has 1 aliphatic rings. The van der Waals surface area contributed by atoms with Gasteiger partial charge in [-0.3, -0.25) is 14.4 Å². The summed E-state index contributed by atoms with van der Waals surface area (Å²) in [5, 5.41) is 15.8. The van der Waals surface area contributed by atoms with Crippen LogP contribution in [0.15, 0.2) is 5.38 Å². The van der Waals surface area contributed by atoms with Crippen LogP contribution in [0.25, 0.3) is 0 Å². The van der Waals surface area contributed by atoms with Crippen molar-refractivity contribution in [3.63, 3.8) is 0 Å². The van der Waals surface area contributed by atoms with Gasteiger partial charge in [-0.05, 0) is 12.8 Å². The molecule has 1 unspecified atom stereocenters. The fourth-order valence-electron chi connectivity index (χ4n) is 1.62. The molecule has 1 aliphatic heterocycles. The van der Waals surface area contributed by atoms with Crippen molar-refractivity contribution in [2.75, 3.05) is 11.1 Å². The first-order valence-corrected chi connectivity index (χ1v) is 7.81. The third-order valence-corrected chi connectivity index (χ3v) is 4.28. The van der Waals surface area contributed by atoms with E-state index in [0.717, 1.165) is 17.5 Å². The summed E-state index contributed by atoms with van der Waals surface area (Å²) in [5.74, 6) is -0.695. The first-order chi connectivity index (χ1) is 9.54. The highest BCUT2D eigenvalue weighted by Gasteiger charge is 2.28. The normalized spacial score (nSPS) is 17.8. The van der Waals surface area contributed by atoms with E-state index in [2.05, 4.69) is 15.6 Å². The zero-order chi connectivity index (χ0) is 14.5. The lowest BCUT2D eigenvalue weighted by Gasteiger charge is -2.07. The first kappa shape index (κ1) is 14.8. The fraction of sp³-hybridized carbons (Fsp3) is 0.455. The Morgan fingerprint density at radius 2 is 2.35 bits per heavy atom. The number of carboxylic acids is 1. The van der Waals surface area contributed by atoms with E-state index in [1.54, 1.807) is 5.38 Å². The zero-order valence-electron chi connectivity index (χ0n) is 10.4. The number of carbonyl (C=O) groups excluding carboxylic acids is 2. The second kappa shape index (κ2) is 6.71. The average Bonchev–Trinajstić information content (AvgIpc) is 2.98. The number of aliphatic carboxylic acids is 1. The molecule has 1 aromatic rings. The number of hydrogen-bond donors (Lipinski definition) is 3. The van der Waals surface area contributed by atoms with Gasteiger partial charge in [0.05, 0.1) is 5.69 Å². The monoisotopic (exact) mass is 315 g/mol. The smallest absolute Gasteiger partial charge is 0.303 e. The number of carbonyl (C=O) groups is 3. The minimum absolute atomic E-state index is 0.102. The van der Waals surface area contributed by atoms with Gasteiger partial charge in [0.1, 0.15) is 6.04 Å². The Kier molecular flexibility index (Phi) is 4.96. The first-order valence-electron chi connectivity index (χ1n) is 5.95. The summed E-state index contributed by atoms with van der Waals surface area (Å²) >= 11 is 2.37. The molecule has 7 nitrogen and oxygen atoms in total. The Bertz CT molecular complexity index is 531. The maximum atomic E-state index is 11.8. The quantitative estimate of drug-likeness (QED) is 0.730. The van der Waals surface area contributed by atoms with Crippen LogP contribution >= 0.6 is 23.1 Å². The molecule has 0 radical (unpaired) electrons. The van der Waals surface area contributed by atoms with E-state index in [1.807, 2.05) is 0 Å². The minimum atomic E-state index is -0.830. The van der Waals surface area contributed by atoms with Crippen LogP contribution in [0.1, 0.15) is 18.5 Å². The second-order valence-electron chi connectivity index (χ2n) is 4.18. The van der Waals surface area contributed by atoms with Gasteiger partial charge >= 0.3 is 5.97 Å². The molecule has 2 amide bonds. The highest BCUT2D eigenvalue weighted by molar-refractivity contribution is 8.14. The van der Waals surface area contributed by atoms with Gasteiger partial charge in [-0.1, -0.05) is 11.8 Å². The molecule has 0 bridgehead atoms. The molecular formula is C11H13N3O4S2. The van der Waals surface area contributed by atoms with Gasteiger partial charge in [-0.25, -0.2) is 4.98 Å². The molecule has 1 aromatic heterocycles. The topological polar surface area (TPSA) is 108 Å². The van der Waals surface area contributed by atoms with Crippen molar-refractivity contribution in [1.82, 2.24) is 10.3 Å². The minimum Gasteiger partial charge on any atom is -0.481 e. The molecule has 3 N–H and O–H groups in total. The largest absolute Gasteiger partial charge is 0.481 e. The van der Waals surface area contributed by atoms with Crippen LogP contribution in [0.4, 0.5) is 9.93 Å². The second-order valence-corrected chi connectivity index (χ2v) is 6.03. The van der Waals surface area contributed by atoms with Gasteiger partial charge in [-0.2, -0.15) is 0 Å². The van der Waals surface area contributed by atoms with Crippen molar-refractivity contribution in [3.8, 4) is 0 Å². The number of aryl methyl sites for hydroxylation is 1. The number of amides is 2. The lowest BCUT2D eigenvalue weighted by Crippen LogP contribution is -2.38. The van der Waals surface area contributed by atoms with Crippen LogP contribution in [0, 0.1) is 0 Å². The number of aromatic nitrogens is 1. The Hall–Kier alpha value is -1.61. The Labute approximate surface area is 123 Å². The maximum Gasteiger partial charge on any atom is 0.303 e. The van der Waals surface area contributed by atoms with Gasteiger partial charge in [0, 0.05) is 17.6 Å². The van der Waals surface area contributed by atoms with Gasteiger partial charge < -0.3 is 15.7 Å². The van der Waals surface area contributed by atoms with E-state index in [0.29, 0.717) is 23.7 Å². The molecule has 2 rings (SSSR count). The maximum absolute atomic E-state index is 11.8. The van der Waals surface area contributed by atoms with Gasteiger partial charge in [0.15, 0.2) is 5.13 Å². The molecule has 0 aromatic carbocycles. The molecule has 1 saturated heterocycles. The fourth-order valence-corrected chi connectivity index (χ4v) is 3.14. The molecule has 20 heavy (non-hydrogen) atoms. The van der Waals surface area contributed by atoms with Crippen LogP contribution < -0.4 is 10.6 Å². The molecule has 0 saturated carbocycles. The predicted molar refractivity (Wildman–Crippen MR) is 76.1 cm³/mol. The number of nitrogens with one attached hydrogen (secondary N) is 2. The highest BCUT2D eigenvalue weighted by atomic mass is 32.2. The van der Waals surface area contributed by atoms with E-state index in [-0.39, 0.29) is 17.6 Å². The number of rotatable bonds is 6. The highest BCUT2D eigenvalue weighted by Crippen LogP contribution is 2.19. The van der Waals surface area contributed by atoms with Crippen molar-refractivity contribution >= 4 is 45.3 Å². The summed E-state index contributed by atoms with van der Waals surface area (Å²) in [6.07, 6.45) is 1.18. The van der Waals surface area contributed by atoms with Crippen molar-refractivity contribution < 1.29 is 19.5 Å². The van der Waals surface area contributed by atoms with Crippen molar-refractivity contribution in [2.45, 2.75) is 25.3 Å². The Balaban J connectivity index is 1.81. The number of nitrogens with zero attached hydrogens (tertiary/aromatic N) is 1. The van der Waals surface area contributed by atoms with Crippen LogP contribution in [-0.4, -0.2) is 39.0 Å². The Morgan fingerprint density at radius 1 is 1.55 bits per heavy atom. The summed E-state index contributed by atoms with van der Waals surface area (Å²) in [6.45, 7) is 0. The van der Waals surface area contributed by atoms with Crippen LogP contribution in [0.3, 0.4) is 0 Å². The molecule has 9 heteroatoms. The summed E-state index contributed by atoms with van der Waals surface area (Å²) in [5.41, 5.74) is 0.761. The Morgan fingerprint density at radius 3 is 3.00 bits per heavy atom. The SMILES string of the molecule is O=C(O)CCCc1csc(NC(=O)C2CSC(=O)N2)n1. The van der Waals surface area contributed by atoms with Crippen molar-refractivity contribution in [2.24, 2.45) is 0 Å². The van der Waals surface area contributed by atoms with E-state index >= 15 is 0 Å². The summed E-state index contributed by atoms with van der Waals surface area (Å²) in [4.78, 5) is 37.4. The number of thiazole rings is 1. The van der Waals surface area contributed by atoms with Crippen LogP contribution in [-0.2, 0) is 16.0 Å². The summed E-state index contributed by atoms with van der Waals surface area (Å²) in [6, 6.07) is -0.521. The van der Waals surface area contributed by atoms with E-state index in [1.165, 1.54) is 11.3 Å². The molecule has 2 heterocycles. The summed E-state index contributed by atoms with van der Waals surface area (Å²) in [7, 11) is 0. The number of hydrogen-bond acceptors (Lipinski definition) is 6. The third kappa shape index (κ3) is 4.20. The molecule has 0 spiro atoms. The lowest BCUT2D eigenvalue weighted by molar-refractivity contribution is -0.137.